The minimum atomic E-state index is 0.459. The highest BCUT2D eigenvalue weighted by atomic mass is 32.1. The summed E-state index contributed by atoms with van der Waals surface area (Å²) in [6.07, 6.45) is 11.5. The molecular formula is C17H26N2S. The largest absolute Gasteiger partial charge is 0.271 e. The molecule has 4 aliphatic rings. The number of nitrogens with one attached hydrogen (secondary N) is 1. The zero-order chi connectivity index (χ0) is 13.6. The quantitative estimate of drug-likeness (QED) is 0.640. The van der Waals surface area contributed by atoms with Gasteiger partial charge >= 0.3 is 0 Å². The molecule has 0 amide bonds. The molecule has 4 saturated carbocycles. The second-order valence-electron chi connectivity index (χ2n) is 7.82. The van der Waals surface area contributed by atoms with Gasteiger partial charge in [-0.25, -0.2) is 0 Å². The van der Waals surface area contributed by atoms with Crippen LogP contribution in [0.2, 0.25) is 0 Å². The van der Waals surface area contributed by atoms with E-state index < -0.39 is 0 Å². The van der Waals surface area contributed by atoms with Crippen molar-refractivity contribution in [2.24, 2.45) is 29.0 Å². The van der Waals surface area contributed by atoms with Crippen molar-refractivity contribution in [3.05, 3.63) is 22.4 Å². The summed E-state index contributed by atoms with van der Waals surface area (Å²) in [5.74, 6) is 9.00. The summed E-state index contributed by atoms with van der Waals surface area (Å²) in [7, 11) is 0. The van der Waals surface area contributed by atoms with E-state index in [-0.39, 0.29) is 0 Å². The van der Waals surface area contributed by atoms with Gasteiger partial charge in [0.1, 0.15) is 0 Å². The van der Waals surface area contributed by atoms with Gasteiger partial charge in [-0.3, -0.25) is 11.3 Å². The van der Waals surface area contributed by atoms with Gasteiger partial charge in [0.15, 0.2) is 0 Å². The van der Waals surface area contributed by atoms with Gasteiger partial charge in [-0.05, 0) is 96.9 Å². The number of nitrogens with two attached hydrogens (primary N) is 1. The van der Waals surface area contributed by atoms with Crippen molar-refractivity contribution >= 4 is 11.3 Å². The highest BCUT2D eigenvalue weighted by Gasteiger charge is 2.51. The molecule has 3 N–H and O–H groups in total. The molecule has 3 heteroatoms. The van der Waals surface area contributed by atoms with Gasteiger partial charge in [0.2, 0.25) is 0 Å². The Morgan fingerprint density at radius 1 is 1.20 bits per heavy atom. The van der Waals surface area contributed by atoms with Gasteiger partial charge < -0.3 is 0 Å². The third kappa shape index (κ3) is 2.44. The van der Waals surface area contributed by atoms with Crippen molar-refractivity contribution in [1.29, 1.82) is 0 Å². The first-order valence-electron chi connectivity index (χ1n) is 8.22. The van der Waals surface area contributed by atoms with Gasteiger partial charge in [0.25, 0.3) is 0 Å². The van der Waals surface area contributed by atoms with Crippen molar-refractivity contribution in [1.82, 2.24) is 5.43 Å². The van der Waals surface area contributed by atoms with E-state index in [9.17, 15) is 0 Å². The summed E-state index contributed by atoms with van der Waals surface area (Å²) < 4.78 is 0. The smallest absolute Gasteiger partial charge is 0.0256 e. The Hall–Kier alpha value is -0.380. The number of hydrazine groups is 1. The zero-order valence-corrected chi connectivity index (χ0v) is 13.0. The molecule has 5 rings (SSSR count). The lowest BCUT2D eigenvalue weighted by molar-refractivity contribution is -0.0619. The Balaban J connectivity index is 1.46. The van der Waals surface area contributed by atoms with Crippen molar-refractivity contribution in [3.63, 3.8) is 0 Å². The van der Waals surface area contributed by atoms with Gasteiger partial charge in [-0.1, -0.05) is 0 Å². The van der Waals surface area contributed by atoms with Crippen LogP contribution in [0.4, 0.5) is 0 Å². The van der Waals surface area contributed by atoms with Crippen molar-refractivity contribution in [3.8, 4) is 0 Å². The summed E-state index contributed by atoms with van der Waals surface area (Å²) in [5.41, 5.74) is 5.19. The lowest BCUT2D eigenvalue weighted by atomic mass is 9.48. The molecular weight excluding hydrogens is 264 g/mol. The number of hydrogen-bond donors (Lipinski definition) is 2. The van der Waals surface area contributed by atoms with E-state index in [1.165, 1.54) is 50.5 Å². The predicted molar refractivity (Wildman–Crippen MR) is 84.4 cm³/mol. The van der Waals surface area contributed by atoms with Gasteiger partial charge in [-0.2, -0.15) is 11.3 Å². The maximum Gasteiger partial charge on any atom is 0.0256 e. The minimum absolute atomic E-state index is 0.459. The minimum Gasteiger partial charge on any atom is -0.271 e. The molecule has 0 aliphatic heterocycles. The molecule has 110 valence electrons. The Kier molecular flexibility index (Phi) is 3.40. The molecule has 1 aromatic rings. The molecule has 1 atom stereocenters. The van der Waals surface area contributed by atoms with Crippen molar-refractivity contribution in [2.45, 2.75) is 57.4 Å². The maximum absolute atomic E-state index is 5.87. The fourth-order valence-corrected chi connectivity index (χ4v) is 6.63. The summed E-state index contributed by atoms with van der Waals surface area (Å²) in [5, 5.41) is 4.44. The lowest BCUT2D eigenvalue weighted by Gasteiger charge is -2.57. The number of thiophene rings is 1. The van der Waals surface area contributed by atoms with Crippen LogP contribution in [-0.4, -0.2) is 6.04 Å². The van der Waals surface area contributed by atoms with Crippen LogP contribution in [0.15, 0.2) is 16.8 Å². The van der Waals surface area contributed by atoms with Crippen LogP contribution in [-0.2, 0) is 6.42 Å². The first-order chi connectivity index (χ1) is 9.75. The Morgan fingerprint density at radius 3 is 2.35 bits per heavy atom. The average Bonchev–Trinajstić information content (AvgIpc) is 2.89. The summed E-state index contributed by atoms with van der Waals surface area (Å²) in [6.45, 7) is 0. The van der Waals surface area contributed by atoms with Crippen LogP contribution >= 0.6 is 11.3 Å². The molecule has 1 unspecified atom stereocenters. The van der Waals surface area contributed by atoms with Gasteiger partial charge in [0, 0.05) is 6.04 Å². The zero-order valence-electron chi connectivity index (χ0n) is 12.2. The predicted octanol–water partition coefficient (Wildman–Crippen LogP) is 3.73. The van der Waals surface area contributed by atoms with E-state index in [1.54, 1.807) is 11.3 Å². The SMILES string of the molecule is NNC(Cc1ccsc1)CC12CC3CC(CC(C3)C1)C2. The summed E-state index contributed by atoms with van der Waals surface area (Å²) in [6, 6.07) is 2.70. The van der Waals surface area contributed by atoms with E-state index in [2.05, 4.69) is 22.3 Å². The van der Waals surface area contributed by atoms with Crippen LogP contribution in [0.3, 0.4) is 0 Å². The first-order valence-corrected chi connectivity index (χ1v) is 9.16. The molecule has 0 radical (unpaired) electrons. The second kappa shape index (κ2) is 5.11. The second-order valence-corrected chi connectivity index (χ2v) is 8.60. The standard InChI is InChI=1S/C17H26N2S/c18-19-16(6-12-1-2-20-11-12)10-17-7-13-3-14(8-17)5-15(4-13)9-17/h1-2,11,13-16,19H,3-10,18H2. The molecule has 4 aliphatic carbocycles. The molecule has 0 spiro atoms. The Labute approximate surface area is 126 Å². The summed E-state index contributed by atoms with van der Waals surface area (Å²) >= 11 is 1.79. The highest BCUT2D eigenvalue weighted by Crippen LogP contribution is 2.61. The van der Waals surface area contributed by atoms with Crippen LogP contribution in [0.5, 0.6) is 0 Å². The van der Waals surface area contributed by atoms with E-state index in [0.29, 0.717) is 11.5 Å². The van der Waals surface area contributed by atoms with Crippen LogP contribution in [0.1, 0.15) is 50.5 Å². The number of rotatable bonds is 5. The van der Waals surface area contributed by atoms with E-state index in [0.717, 1.165) is 24.2 Å². The molecule has 2 nitrogen and oxygen atoms in total. The van der Waals surface area contributed by atoms with E-state index in [1.807, 2.05) is 0 Å². The molecule has 20 heavy (non-hydrogen) atoms. The molecule has 4 fully saturated rings. The maximum atomic E-state index is 5.87. The normalized spacial score (nSPS) is 40.1. The topological polar surface area (TPSA) is 38.0 Å². The monoisotopic (exact) mass is 290 g/mol. The third-order valence-electron chi connectivity index (χ3n) is 6.14. The summed E-state index contributed by atoms with van der Waals surface area (Å²) in [4.78, 5) is 0. The lowest BCUT2D eigenvalue weighted by Crippen LogP contribution is -2.50. The third-order valence-corrected chi connectivity index (χ3v) is 6.87. The number of hydrogen-bond acceptors (Lipinski definition) is 3. The molecule has 1 heterocycles. The molecule has 1 aromatic heterocycles. The van der Waals surface area contributed by atoms with Crippen LogP contribution in [0.25, 0.3) is 0 Å². The van der Waals surface area contributed by atoms with Gasteiger partial charge in [0.05, 0.1) is 0 Å². The molecule has 0 saturated heterocycles. The fraction of sp³-hybridized carbons (Fsp3) is 0.765. The van der Waals surface area contributed by atoms with Crippen molar-refractivity contribution in [2.75, 3.05) is 0 Å². The fourth-order valence-electron chi connectivity index (χ4n) is 5.95. The Morgan fingerprint density at radius 2 is 1.85 bits per heavy atom. The van der Waals surface area contributed by atoms with E-state index >= 15 is 0 Å². The van der Waals surface area contributed by atoms with Crippen molar-refractivity contribution < 1.29 is 0 Å². The highest BCUT2D eigenvalue weighted by molar-refractivity contribution is 7.07. The first kappa shape index (κ1) is 13.3. The molecule has 0 aromatic carbocycles. The Bertz CT molecular complexity index is 418. The average molecular weight is 290 g/mol. The van der Waals surface area contributed by atoms with Gasteiger partial charge in [-0.15, -0.1) is 0 Å². The van der Waals surface area contributed by atoms with Crippen LogP contribution in [0, 0.1) is 23.2 Å². The molecule has 4 bridgehead atoms. The van der Waals surface area contributed by atoms with Crippen LogP contribution < -0.4 is 11.3 Å². The van der Waals surface area contributed by atoms with E-state index in [4.69, 9.17) is 5.84 Å².